The third-order valence-corrected chi connectivity index (χ3v) is 3.87. The molecule has 0 atom stereocenters. The minimum Gasteiger partial charge on any atom is -0.504 e. The highest BCUT2D eigenvalue weighted by Crippen LogP contribution is 2.34. The van der Waals surface area contributed by atoms with Crippen molar-refractivity contribution >= 4 is 0 Å². The molecule has 4 heteroatoms. The molecule has 3 aromatic rings. The first-order chi connectivity index (χ1) is 10.9. The normalized spacial score (nSPS) is 11.7. The minimum absolute atomic E-state index is 0.171. The van der Waals surface area contributed by atoms with Crippen molar-refractivity contribution < 1.29 is 5.11 Å². The van der Waals surface area contributed by atoms with Gasteiger partial charge >= 0.3 is 0 Å². The number of aromatic nitrogens is 3. The lowest BCUT2D eigenvalue weighted by atomic mass is 10.0. The summed E-state index contributed by atoms with van der Waals surface area (Å²) in [5, 5.41) is 15.0. The zero-order valence-corrected chi connectivity index (χ0v) is 13.9. The molecule has 0 aliphatic rings. The number of hydrogen-bond acceptors (Lipinski definition) is 3. The Balaban J connectivity index is 2.01. The van der Waals surface area contributed by atoms with Gasteiger partial charge in [0.05, 0.1) is 11.2 Å². The number of rotatable bonds is 2. The lowest BCUT2D eigenvalue weighted by Gasteiger charge is -2.20. The van der Waals surface area contributed by atoms with Gasteiger partial charge in [-0.15, -0.1) is 0 Å². The predicted molar refractivity (Wildman–Crippen MR) is 92.3 cm³/mol. The molecule has 0 spiro atoms. The standard InChI is InChI=1S/C19H21N3O/c1-13-18(23)17(21-22(13)19(2,3)4)15-9-7-14(8-10-15)16-6-5-11-20-12-16/h5-12,23H,1-4H3. The van der Waals surface area contributed by atoms with Crippen LogP contribution >= 0.6 is 0 Å². The molecule has 1 N–H and O–H groups in total. The van der Waals surface area contributed by atoms with Crippen LogP contribution in [0.2, 0.25) is 0 Å². The van der Waals surface area contributed by atoms with Crippen molar-refractivity contribution in [1.29, 1.82) is 0 Å². The van der Waals surface area contributed by atoms with Crippen LogP contribution in [-0.2, 0) is 5.54 Å². The maximum atomic E-state index is 10.4. The molecule has 0 bridgehead atoms. The van der Waals surface area contributed by atoms with E-state index in [-0.39, 0.29) is 11.3 Å². The van der Waals surface area contributed by atoms with Crippen LogP contribution in [0.4, 0.5) is 0 Å². The molecule has 0 aliphatic carbocycles. The van der Waals surface area contributed by atoms with Gasteiger partial charge in [-0.2, -0.15) is 5.10 Å². The predicted octanol–water partition coefficient (Wildman–Crippen LogP) is 4.38. The summed E-state index contributed by atoms with van der Waals surface area (Å²) in [6, 6.07) is 12.0. The van der Waals surface area contributed by atoms with Crippen molar-refractivity contribution in [2.45, 2.75) is 33.2 Å². The highest BCUT2D eigenvalue weighted by Gasteiger charge is 2.22. The smallest absolute Gasteiger partial charge is 0.164 e. The molecule has 23 heavy (non-hydrogen) atoms. The minimum atomic E-state index is -0.171. The maximum absolute atomic E-state index is 10.4. The third kappa shape index (κ3) is 2.84. The molecule has 0 aliphatic heterocycles. The van der Waals surface area contributed by atoms with E-state index in [1.807, 2.05) is 54.2 Å². The first kappa shape index (κ1) is 15.3. The number of aromatic hydroxyl groups is 1. The second-order valence-corrected chi connectivity index (χ2v) is 6.68. The van der Waals surface area contributed by atoms with E-state index in [1.54, 1.807) is 6.20 Å². The van der Waals surface area contributed by atoms with E-state index in [1.165, 1.54) is 0 Å². The highest BCUT2D eigenvalue weighted by molar-refractivity contribution is 5.71. The van der Waals surface area contributed by atoms with Gasteiger partial charge in [-0.05, 0) is 44.9 Å². The molecular formula is C19H21N3O. The lowest BCUT2D eigenvalue weighted by molar-refractivity contribution is 0.345. The van der Waals surface area contributed by atoms with Gasteiger partial charge in [-0.3, -0.25) is 9.67 Å². The van der Waals surface area contributed by atoms with E-state index in [0.717, 1.165) is 22.4 Å². The molecule has 0 saturated carbocycles. The quantitative estimate of drug-likeness (QED) is 0.764. The number of hydrogen-bond donors (Lipinski definition) is 1. The van der Waals surface area contributed by atoms with Crippen LogP contribution in [0.3, 0.4) is 0 Å². The Hall–Kier alpha value is -2.62. The summed E-state index contributed by atoms with van der Waals surface area (Å²) >= 11 is 0. The second-order valence-electron chi connectivity index (χ2n) is 6.68. The van der Waals surface area contributed by atoms with Gasteiger partial charge in [-0.25, -0.2) is 0 Å². The fourth-order valence-corrected chi connectivity index (χ4v) is 2.70. The summed E-state index contributed by atoms with van der Waals surface area (Å²) < 4.78 is 1.87. The molecule has 0 unspecified atom stereocenters. The third-order valence-electron chi connectivity index (χ3n) is 3.87. The van der Waals surface area contributed by atoms with Crippen LogP contribution in [0.25, 0.3) is 22.4 Å². The average Bonchev–Trinajstić information content (AvgIpc) is 2.84. The van der Waals surface area contributed by atoms with Crippen LogP contribution in [0.15, 0.2) is 48.8 Å². The zero-order chi connectivity index (χ0) is 16.6. The molecular weight excluding hydrogens is 286 g/mol. The van der Waals surface area contributed by atoms with Crippen molar-refractivity contribution in [2.75, 3.05) is 0 Å². The summed E-state index contributed by atoms with van der Waals surface area (Å²) in [6.45, 7) is 8.10. The number of nitrogens with zero attached hydrogens (tertiary/aromatic N) is 3. The van der Waals surface area contributed by atoms with Crippen LogP contribution < -0.4 is 0 Å². The van der Waals surface area contributed by atoms with Crippen LogP contribution in [0, 0.1) is 6.92 Å². The van der Waals surface area contributed by atoms with Gasteiger partial charge < -0.3 is 5.11 Å². The van der Waals surface area contributed by atoms with Gasteiger partial charge in [0.2, 0.25) is 0 Å². The molecule has 4 nitrogen and oxygen atoms in total. The molecule has 0 fully saturated rings. The topological polar surface area (TPSA) is 50.9 Å². The largest absolute Gasteiger partial charge is 0.504 e. The molecule has 0 radical (unpaired) electrons. The second kappa shape index (κ2) is 5.54. The van der Waals surface area contributed by atoms with Crippen molar-refractivity contribution in [1.82, 2.24) is 14.8 Å². The Morgan fingerprint density at radius 1 is 0.957 bits per heavy atom. The molecule has 1 aromatic carbocycles. The maximum Gasteiger partial charge on any atom is 0.164 e. The van der Waals surface area contributed by atoms with E-state index in [2.05, 4.69) is 30.9 Å². The van der Waals surface area contributed by atoms with E-state index in [4.69, 9.17) is 0 Å². The Bertz CT molecular complexity index is 812. The molecule has 0 amide bonds. The highest BCUT2D eigenvalue weighted by atomic mass is 16.3. The summed E-state index contributed by atoms with van der Waals surface area (Å²) in [4.78, 5) is 4.14. The van der Waals surface area contributed by atoms with E-state index < -0.39 is 0 Å². The van der Waals surface area contributed by atoms with Gasteiger partial charge in [0.25, 0.3) is 0 Å². The fraction of sp³-hybridized carbons (Fsp3) is 0.263. The Kier molecular flexibility index (Phi) is 3.68. The summed E-state index contributed by atoms with van der Waals surface area (Å²) in [5.41, 5.74) is 4.29. The van der Waals surface area contributed by atoms with E-state index in [9.17, 15) is 5.11 Å². The Morgan fingerprint density at radius 3 is 2.13 bits per heavy atom. The Morgan fingerprint density at radius 2 is 1.61 bits per heavy atom. The monoisotopic (exact) mass is 307 g/mol. The SMILES string of the molecule is Cc1c(O)c(-c2ccc(-c3cccnc3)cc2)nn1C(C)(C)C. The van der Waals surface area contributed by atoms with Crippen molar-refractivity contribution in [3.8, 4) is 28.1 Å². The van der Waals surface area contributed by atoms with Gasteiger partial charge in [-0.1, -0.05) is 30.3 Å². The van der Waals surface area contributed by atoms with Gasteiger partial charge in [0.15, 0.2) is 5.75 Å². The average molecular weight is 307 g/mol. The van der Waals surface area contributed by atoms with Crippen molar-refractivity contribution in [2.24, 2.45) is 0 Å². The molecule has 2 aromatic heterocycles. The number of benzene rings is 1. The van der Waals surface area contributed by atoms with E-state index in [0.29, 0.717) is 5.69 Å². The molecule has 0 saturated heterocycles. The zero-order valence-electron chi connectivity index (χ0n) is 13.9. The fourth-order valence-electron chi connectivity index (χ4n) is 2.70. The van der Waals surface area contributed by atoms with Crippen molar-refractivity contribution in [3.63, 3.8) is 0 Å². The number of pyridine rings is 1. The van der Waals surface area contributed by atoms with Crippen LogP contribution in [-0.4, -0.2) is 19.9 Å². The molecule has 2 heterocycles. The summed E-state index contributed by atoms with van der Waals surface area (Å²) in [5.74, 6) is 0.244. The van der Waals surface area contributed by atoms with Gasteiger partial charge in [0.1, 0.15) is 5.69 Å². The first-order valence-electron chi connectivity index (χ1n) is 7.68. The van der Waals surface area contributed by atoms with Gasteiger partial charge in [0, 0.05) is 18.0 Å². The van der Waals surface area contributed by atoms with E-state index >= 15 is 0 Å². The van der Waals surface area contributed by atoms with Crippen LogP contribution in [0.5, 0.6) is 5.75 Å². The molecule has 118 valence electrons. The Labute approximate surface area is 136 Å². The molecule has 3 rings (SSSR count). The lowest BCUT2D eigenvalue weighted by Crippen LogP contribution is -2.24. The summed E-state index contributed by atoms with van der Waals surface area (Å²) in [6.07, 6.45) is 3.60. The summed E-state index contributed by atoms with van der Waals surface area (Å²) in [7, 11) is 0. The first-order valence-corrected chi connectivity index (χ1v) is 7.68. The van der Waals surface area contributed by atoms with Crippen molar-refractivity contribution in [3.05, 3.63) is 54.5 Å². The van der Waals surface area contributed by atoms with Crippen LogP contribution in [0.1, 0.15) is 26.5 Å².